The summed E-state index contributed by atoms with van der Waals surface area (Å²) >= 11 is 3.92. The summed E-state index contributed by atoms with van der Waals surface area (Å²) in [7, 11) is 0. The summed E-state index contributed by atoms with van der Waals surface area (Å²) in [4.78, 5) is 5.42. The zero-order valence-corrected chi connectivity index (χ0v) is 41.2. The van der Waals surface area contributed by atoms with Gasteiger partial charge in [0.25, 0.3) is 0 Å². The summed E-state index contributed by atoms with van der Waals surface area (Å²) in [5.41, 5.74) is 23.5. The Morgan fingerprint density at radius 2 is 0.689 bits per heavy atom. The number of nitrogens with zero attached hydrogens (tertiary/aromatic N) is 4. The number of fused-ring (bicyclic) bond motifs is 22. The number of benzene rings is 11. The van der Waals surface area contributed by atoms with Gasteiger partial charge in [0.05, 0.1) is 33.1 Å². The van der Waals surface area contributed by atoms with Gasteiger partial charge in [0.15, 0.2) is 0 Å². The van der Waals surface area contributed by atoms with E-state index < -0.39 is 0 Å². The van der Waals surface area contributed by atoms with Gasteiger partial charge in [-0.05, 0) is 101 Å². The monoisotopic (exact) mass is 970 g/mol. The van der Waals surface area contributed by atoms with Gasteiger partial charge in [-0.2, -0.15) is 0 Å². The van der Waals surface area contributed by atoms with Crippen LogP contribution < -0.4 is 32.8 Å². The molecule has 0 saturated heterocycles. The molecule has 4 aromatic heterocycles. The van der Waals surface area contributed by atoms with Gasteiger partial charge in [-0.15, -0.1) is 0 Å². The van der Waals surface area contributed by atoms with E-state index in [1.165, 1.54) is 162 Å². The Labute approximate surface area is 433 Å². The number of hydrogen-bond donors (Lipinski definition) is 0. The number of rotatable bonds is 2. The predicted octanol–water partition coefficient (Wildman–Crippen LogP) is 12.7. The van der Waals surface area contributed by atoms with Crippen molar-refractivity contribution in [2.24, 2.45) is 0 Å². The average molecular weight is 971 g/mol. The molecule has 8 heteroatoms. The standard InChI is InChI=1S/C66H36B2N4S2/c1-3-15-37(16-4-1)69-49-25-9-7-19-43(49)59-51(69)33-31-41-39-21-11-23-45-63(39)71(65(41)59)53-27-13-29-55-61(53)67(45)47-35-48-58(36-57(47)73-55)74-56-30-14-28-54-62(56)68(48)46-24-12-22-40-42-32-34-52-60(66(42)72(54)64(40)46)44-20-8-10-26-50(44)70(52)38-17-5-2-6-18-38/h1-36H. The van der Waals surface area contributed by atoms with Crippen molar-refractivity contribution in [3.63, 3.8) is 0 Å². The van der Waals surface area contributed by atoms with Crippen LogP contribution in [0.3, 0.4) is 0 Å². The van der Waals surface area contributed by atoms with E-state index in [0.717, 1.165) is 0 Å². The van der Waals surface area contributed by atoms with Gasteiger partial charge in [0.2, 0.25) is 13.4 Å². The molecule has 0 amide bonds. The van der Waals surface area contributed by atoms with E-state index in [9.17, 15) is 0 Å². The summed E-state index contributed by atoms with van der Waals surface area (Å²) in [6.45, 7) is 0.152. The minimum atomic E-state index is 0.0760. The second-order valence-corrected chi connectivity index (χ2v) is 22.8. The van der Waals surface area contributed by atoms with Crippen molar-refractivity contribution < 1.29 is 0 Å². The van der Waals surface area contributed by atoms with Crippen molar-refractivity contribution in [1.29, 1.82) is 0 Å². The molecule has 8 heterocycles. The highest BCUT2D eigenvalue weighted by Crippen LogP contribution is 2.47. The van der Waals surface area contributed by atoms with Crippen molar-refractivity contribution in [3.05, 3.63) is 218 Å². The molecule has 338 valence electrons. The van der Waals surface area contributed by atoms with Gasteiger partial charge in [-0.3, -0.25) is 0 Å². The Morgan fingerprint density at radius 3 is 1.18 bits per heavy atom. The van der Waals surface area contributed by atoms with Crippen LogP contribution in [0.25, 0.3) is 110 Å². The fourth-order valence-electron chi connectivity index (χ4n) is 14.6. The number of aromatic nitrogens is 4. The Balaban J connectivity index is 0.869. The lowest BCUT2D eigenvalue weighted by atomic mass is 9.32. The first-order valence-corrected chi connectivity index (χ1v) is 27.3. The van der Waals surface area contributed by atoms with Gasteiger partial charge >= 0.3 is 0 Å². The van der Waals surface area contributed by atoms with Crippen LogP contribution in [0.15, 0.2) is 238 Å². The van der Waals surface area contributed by atoms with Crippen molar-refractivity contribution in [2.75, 3.05) is 0 Å². The molecule has 0 aliphatic carbocycles. The molecular formula is C66H36B2N4S2. The molecule has 15 aromatic rings. The molecule has 0 unspecified atom stereocenters. The highest BCUT2D eigenvalue weighted by molar-refractivity contribution is 8.01. The second kappa shape index (κ2) is 13.7. The Bertz CT molecular complexity index is 4790. The van der Waals surface area contributed by atoms with E-state index in [0.29, 0.717) is 0 Å². The molecule has 0 radical (unpaired) electrons. The van der Waals surface area contributed by atoms with Crippen LogP contribution in [0.1, 0.15) is 0 Å². The molecule has 74 heavy (non-hydrogen) atoms. The van der Waals surface area contributed by atoms with Crippen molar-refractivity contribution >= 4 is 157 Å². The molecule has 4 aliphatic rings. The highest BCUT2D eigenvalue weighted by atomic mass is 32.2. The maximum Gasteiger partial charge on any atom is 0.249 e. The molecule has 0 bridgehead atoms. The highest BCUT2D eigenvalue weighted by Gasteiger charge is 2.44. The summed E-state index contributed by atoms with van der Waals surface area (Å²) < 4.78 is 10.2. The van der Waals surface area contributed by atoms with Gasteiger partial charge in [-0.25, -0.2) is 0 Å². The van der Waals surface area contributed by atoms with E-state index in [1.54, 1.807) is 0 Å². The van der Waals surface area contributed by atoms with Crippen LogP contribution in [0, 0.1) is 0 Å². The molecule has 11 aromatic carbocycles. The molecule has 0 N–H and O–H groups in total. The number of hydrogen-bond acceptors (Lipinski definition) is 2. The molecule has 4 aliphatic heterocycles. The Morgan fingerprint density at radius 1 is 0.270 bits per heavy atom. The smallest absolute Gasteiger partial charge is 0.249 e. The molecule has 4 nitrogen and oxygen atoms in total. The minimum absolute atomic E-state index is 0.0760. The summed E-state index contributed by atoms with van der Waals surface area (Å²) in [6, 6.07) is 82.8. The van der Waals surface area contributed by atoms with E-state index in [1.807, 2.05) is 23.5 Å². The van der Waals surface area contributed by atoms with Crippen LogP contribution >= 0.6 is 23.5 Å². The molecule has 19 rings (SSSR count). The lowest BCUT2D eigenvalue weighted by Gasteiger charge is -2.37. The lowest BCUT2D eigenvalue weighted by Crippen LogP contribution is -2.62. The third-order valence-corrected chi connectivity index (χ3v) is 19.5. The summed E-state index contributed by atoms with van der Waals surface area (Å²) in [5, 5.41) is 10.4. The van der Waals surface area contributed by atoms with Gasteiger partial charge in [0.1, 0.15) is 0 Å². The quantitative estimate of drug-likeness (QED) is 0.161. The topological polar surface area (TPSA) is 19.7 Å². The zero-order chi connectivity index (χ0) is 47.7. The van der Waals surface area contributed by atoms with E-state index in [4.69, 9.17) is 0 Å². The maximum atomic E-state index is 2.66. The van der Waals surface area contributed by atoms with E-state index >= 15 is 0 Å². The van der Waals surface area contributed by atoms with E-state index in [-0.39, 0.29) is 13.4 Å². The van der Waals surface area contributed by atoms with Gasteiger partial charge in [0, 0.05) is 96.5 Å². The summed E-state index contributed by atoms with van der Waals surface area (Å²) in [6.07, 6.45) is 0. The van der Waals surface area contributed by atoms with Crippen LogP contribution in [0.2, 0.25) is 0 Å². The lowest BCUT2D eigenvalue weighted by molar-refractivity contribution is 1.17. The summed E-state index contributed by atoms with van der Waals surface area (Å²) in [5.74, 6) is 0. The zero-order valence-electron chi connectivity index (χ0n) is 39.5. The average Bonchev–Trinajstić information content (AvgIpc) is 4.19. The first kappa shape index (κ1) is 39.0. The fourth-order valence-corrected chi connectivity index (χ4v) is 17.0. The van der Waals surface area contributed by atoms with Crippen LogP contribution in [-0.4, -0.2) is 31.7 Å². The molecule has 0 atom stereocenters. The largest absolute Gasteiger partial charge is 0.310 e. The molecular weight excluding hydrogens is 935 g/mol. The second-order valence-electron chi connectivity index (χ2n) is 20.6. The van der Waals surface area contributed by atoms with E-state index in [2.05, 4.69) is 237 Å². The fraction of sp³-hybridized carbons (Fsp3) is 0. The van der Waals surface area contributed by atoms with Crippen LogP contribution in [-0.2, 0) is 0 Å². The minimum Gasteiger partial charge on any atom is -0.310 e. The normalized spacial score (nSPS) is 13.8. The van der Waals surface area contributed by atoms with Crippen molar-refractivity contribution in [1.82, 2.24) is 18.3 Å². The predicted molar refractivity (Wildman–Crippen MR) is 314 cm³/mol. The SMILES string of the molecule is c1ccc(-n2c3ccccc3c3c2ccc2c4cccc5c4n(c23)-c2cccc3c2B5c2cc4c(cc2S3)Sc2cccc3c2B4c2cccc4c5ccc6c(c7ccccc7n6-c6ccccc6)c5n-3c24)cc1. The van der Waals surface area contributed by atoms with Crippen LogP contribution in [0.4, 0.5) is 0 Å². The Hall–Kier alpha value is -8.55. The van der Waals surface area contributed by atoms with Crippen molar-refractivity contribution in [2.45, 2.75) is 19.6 Å². The molecule has 0 saturated carbocycles. The third kappa shape index (κ3) is 4.62. The molecule has 0 spiro atoms. The maximum absolute atomic E-state index is 2.66. The van der Waals surface area contributed by atoms with Gasteiger partial charge in [-0.1, -0.05) is 174 Å². The Kier molecular flexibility index (Phi) is 7.25. The first-order chi connectivity index (χ1) is 36.8. The van der Waals surface area contributed by atoms with Gasteiger partial charge < -0.3 is 18.3 Å². The number of para-hydroxylation sites is 6. The first-order valence-electron chi connectivity index (χ1n) is 25.7. The van der Waals surface area contributed by atoms with Crippen LogP contribution in [0.5, 0.6) is 0 Å². The van der Waals surface area contributed by atoms with Crippen molar-refractivity contribution in [3.8, 4) is 22.7 Å². The molecule has 0 fully saturated rings. The third-order valence-electron chi connectivity index (χ3n) is 17.2.